The highest BCUT2D eigenvalue weighted by molar-refractivity contribution is 5.88. The number of carbonyl (C=O) groups is 2. The summed E-state index contributed by atoms with van der Waals surface area (Å²) < 4.78 is 0. The molecule has 18 heavy (non-hydrogen) atoms. The summed E-state index contributed by atoms with van der Waals surface area (Å²) in [5, 5.41) is 9.08. The average Bonchev–Trinajstić information content (AvgIpc) is 2.87. The van der Waals surface area contributed by atoms with Crippen LogP contribution in [0, 0.1) is 0 Å². The number of likely N-dealkylation sites (tertiary alicyclic amines) is 1. The lowest BCUT2D eigenvalue weighted by Gasteiger charge is -2.24. The van der Waals surface area contributed by atoms with Crippen molar-refractivity contribution in [2.24, 2.45) is 0 Å². The van der Waals surface area contributed by atoms with Gasteiger partial charge in [-0.05, 0) is 31.4 Å². The zero-order valence-electron chi connectivity index (χ0n) is 10.2. The number of nitrogens with zero attached hydrogens (tertiary/aromatic N) is 2. The minimum Gasteiger partial charge on any atom is -0.480 e. The topological polar surface area (TPSA) is 70.5 Å². The van der Waals surface area contributed by atoms with Gasteiger partial charge in [-0.15, -0.1) is 0 Å². The first-order chi connectivity index (χ1) is 8.61. The Hall–Kier alpha value is -1.91. The SMILES string of the molecule is CC(C(=O)N1CCC[C@H]1C(=O)O)c1cccnc1. The Morgan fingerprint density at radius 1 is 1.56 bits per heavy atom. The van der Waals surface area contributed by atoms with Crippen molar-refractivity contribution in [1.82, 2.24) is 9.88 Å². The van der Waals surface area contributed by atoms with Gasteiger partial charge in [0.1, 0.15) is 6.04 Å². The maximum Gasteiger partial charge on any atom is 0.326 e. The van der Waals surface area contributed by atoms with E-state index in [2.05, 4.69) is 4.98 Å². The Morgan fingerprint density at radius 3 is 2.94 bits per heavy atom. The second-order valence-electron chi connectivity index (χ2n) is 4.54. The van der Waals surface area contributed by atoms with E-state index in [1.165, 1.54) is 4.90 Å². The van der Waals surface area contributed by atoms with E-state index in [1.54, 1.807) is 25.4 Å². The minimum absolute atomic E-state index is 0.132. The van der Waals surface area contributed by atoms with Crippen molar-refractivity contribution in [3.05, 3.63) is 30.1 Å². The molecule has 1 aromatic rings. The smallest absolute Gasteiger partial charge is 0.326 e. The fraction of sp³-hybridized carbons (Fsp3) is 0.462. The average molecular weight is 248 g/mol. The highest BCUT2D eigenvalue weighted by Gasteiger charge is 2.36. The Kier molecular flexibility index (Phi) is 3.60. The summed E-state index contributed by atoms with van der Waals surface area (Å²) in [7, 11) is 0. The maximum absolute atomic E-state index is 12.3. The zero-order valence-corrected chi connectivity index (χ0v) is 10.2. The first-order valence-electron chi connectivity index (χ1n) is 6.04. The van der Waals surface area contributed by atoms with Crippen molar-refractivity contribution in [2.45, 2.75) is 31.7 Å². The minimum atomic E-state index is -0.917. The van der Waals surface area contributed by atoms with Gasteiger partial charge in [-0.25, -0.2) is 4.79 Å². The Morgan fingerprint density at radius 2 is 2.33 bits per heavy atom. The lowest BCUT2D eigenvalue weighted by molar-refractivity contribution is -0.148. The van der Waals surface area contributed by atoms with E-state index in [9.17, 15) is 9.59 Å². The van der Waals surface area contributed by atoms with Crippen LogP contribution < -0.4 is 0 Å². The summed E-state index contributed by atoms with van der Waals surface area (Å²) in [6, 6.07) is 2.94. The third kappa shape index (κ3) is 2.34. The fourth-order valence-electron chi connectivity index (χ4n) is 2.31. The molecule has 0 aliphatic carbocycles. The fourth-order valence-corrected chi connectivity index (χ4v) is 2.31. The van der Waals surface area contributed by atoms with Crippen LogP contribution >= 0.6 is 0 Å². The second kappa shape index (κ2) is 5.16. The lowest BCUT2D eigenvalue weighted by atomic mass is 10.0. The summed E-state index contributed by atoms with van der Waals surface area (Å²) in [4.78, 5) is 28.8. The molecule has 0 bridgehead atoms. The highest BCUT2D eigenvalue weighted by Crippen LogP contribution is 2.24. The van der Waals surface area contributed by atoms with Crippen LogP contribution in [0.4, 0.5) is 0 Å². The van der Waals surface area contributed by atoms with Crippen LogP contribution in [0.2, 0.25) is 0 Å². The van der Waals surface area contributed by atoms with Crippen molar-refractivity contribution >= 4 is 11.9 Å². The third-order valence-corrected chi connectivity index (χ3v) is 3.38. The van der Waals surface area contributed by atoms with Gasteiger partial charge < -0.3 is 10.0 Å². The van der Waals surface area contributed by atoms with E-state index in [0.29, 0.717) is 13.0 Å². The summed E-state index contributed by atoms with van der Waals surface area (Å²) in [6.45, 7) is 2.32. The molecule has 96 valence electrons. The summed E-state index contributed by atoms with van der Waals surface area (Å²) in [5.41, 5.74) is 0.818. The van der Waals surface area contributed by atoms with Crippen LogP contribution in [0.25, 0.3) is 0 Å². The predicted molar refractivity (Wildman–Crippen MR) is 65.0 cm³/mol. The van der Waals surface area contributed by atoms with E-state index in [1.807, 2.05) is 6.07 Å². The standard InChI is InChI=1S/C13H16N2O3/c1-9(10-4-2-6-14-8-10)12(16)15-7-3-5-11(15)13(17)18/h2,4,6,8-9,11H,3,5,7H2,1H3,(H,17,18)/t9?,11-/m0/s1. The first-order valence-corrected chi connectivity index (χ1v) is 6.04. The molecule has 1 unspecified atom stereocenters. The Balaban J connectivity index is 2.14. The summed E-state index contributed by atoms with van der Waals surface area (Å²) >= 11 is 0. The number of carboxylic acid groups (broad SMARTS) is 1. The monoisotopic (exact) mass is 248 g/mol. The van der Waals surface area contributed by atoms with Crippen molar-refractivity contribution in [2.75, 3.05) is 6.54 Å². The molecule has 2 heterocycles. The van der Waals surface area contributed by atoms with Gasteiger partial charge in [0.15, 0.2) is 0 Å². The first kappa shape index (κ1) is 12.5. The molecule has 0 spiro atoms. The van der Waals surface area contributed by atoms with E-state index in [4.69, 9.17) is 5.11 Å². The molecule has 1 fully saturated rings. The molecule has 0 saturated carbocycles. The van der Waals surface area contributed by atoms with Crippen LogP contribution in [0.3, 0.4) is 0 Å². The van der Waals surface area contributed by atoms with E-state index in [0.717, 1.165) is 12.0 Å². The molecule has 1 N–H and O–H groups in total. The summed E-state index contributed by atoms with van der Waals surface area (Å²) in [5.74, 6) is -1.40. The zero-order chi connectivity index (χ0) is 13.1. The number of rotatable bonds is 3. The van der Waals surface area contributed by atoms with Crippen LogP contribution in [-0.4, -0.2) is 39.5 Å². The molecule has 0 aromatic carbocycles. The largest absolute Gasteiger partial charge is 0.480 e. The molecule has 1 amide bonds. The summed E-state index contributed by atoms with van der Waals surface area (Å²) in [6.07, 6.45) is 4.59. The number of hydrogen-bond donors (Lipinski definition) is 1. The van der Waals surface area contributed by atoms with Crippen LogP contribution in [0.1, 0.15) is 31.2 Å². The normalized spacial score (nSPS) is 20.7. The lowest BCUT2D eigenvalue weighted by Crippen LogP contribution is -2.42. The number of amides is 1. The van der Waals surface area contributed by atoms with Crippen molar-refractivity contribution in [3.63, 3.8) is 0 Å². The van der Waals surface area contributed by atoms with Gasteiger partial charge in [0, 0.05) is 18.9 Å². The van der Waals surface area contributed by atoms with Gasteiger partial charge in [0.25, 0.3) is 0 Å². The van der Waals surface area contributed by atoms with E-state index in [-0.39, 0.29) is 11.8 Å². The van der Waals surface area contributed by atoms with Gasteiger partial charge in [-0.2, -0.15) is 0 Å². The van der Waals surface area contributed by atoms with E-state index >= 15 is 0 Å². The molecule has 0 radical (unpaired) electrons. The van der Waals surface area contributed by atoms with Gasteiger partial charge in [-0.1, -0.05) is 6.07 Å². The van der Waals surface area contributed by atoms with Crippen LogP contribution in [0.15, 0.2) is 24.5 Å². The van der Waals surface area contributed by atoms with Crippen LogP contribution in [0.5, 0.6) is 0 Å². The molecule has 1 saturated heterocycles. The Labute approximate surface area is 105 Å². The second-order valence-corrected chi connectivity index (χ2v) is 4.54. The molecule has 1 aliphatic heterocycles. The number of aromatic nitrogens is 1. The highest BCUT2D eigenvalue weighted by atomic mass is 16.4. The molecule has 5 heteroatoms. The van der Waals surface area contributed by atoms with Crippen molar-refractivity contribution in [1.29, 1.82) is 0 Å². The molecule has 5 nitrogen and oxygen atoms in total. The molecule has 2 rings (SSSR count). The number of carboxylic acids is 1. The van der Waals surface area contributed by atoms with Crippen molar-refractivity contribution in [3.8, 4) is 0 Å². The van der Waals surface area contributed by atoms with Gasteiger partial charge in [0.2, 0.25) is 5.91 Å². The molecule has 1 aromatic heterocycles. The number of hydrogen-bond acceptors (Lipinski definition) is 3. The van der Waals surface area contributed by atoms with Gasteiger partial charge in [-0.3, -0.25) is 9.78 Å². The molecular weight excluding hydrogens is 232 g/mol. The van der Waals surface area contributed by atoms with Gasteiger partial charge >= 0.3 is 5.97 Å². The van der Waals surface area contributed by atoms with Gasteiger partial charge in [0.05, 0.1) is 5.92 Å². The molecular formula is C13H16N2O3. The van der Waals surface area contributed by atoms with Crippen molar-refractivity contribution < 1.29 is 14.7 Å². The number of pyridine rings is 1. The molecule has 2 atom stereocenters. The number of aliphatic carboxylic acids is 1. The predicted octanol–water partition coefficient (Wildman–Crippen LogP) is 1.26. The van der Waals surface area contributed by atoms with E-state index < -0.39 is 12.0 Å². The molecule has 1 aliphatic rings. The maximum atomic E-state index is 12.3. The quantitative estimate of drug-likeness (QED) is 0.874. The van der Waals surface area contributed by atoms with Crippen LogP contribution in [-0.2, 0) is 9.59 Å². The number of carbonyl (C=O) groups excluding carboxylic acids is 1. The third-order valence-electron chi connectivity index (χ3n) is 3.38. The Bertz CT molecular complexity index is 447.